The van der Waals surface area contributed by atoms with Crippen molar-refractivity contribution in [3.63, 3.8) is 0 Å². The van der Waals surface area contributed by atoms with Crippen LogP contribution in [0.15, 0.2) is 27.8 Å². The Morgan fingerprint density at radius 3 is 2.84 bits per heavy atom. The number of nitrogens with one attached hydrogen (secondary N) is 1. The monoisotopic (exact) mass is 362 g/mol. The molecule has 9 heteroatoms. The zero-order valence-electron chi connectivity index (χ0n) is 12.9. The maximum Gasteiger partial charge on any atom is 0.331 e. The Hall–Kier alpha value is -2.92. The minimum atomic E-state index is -0.791. The highest BCUT2D eigenvalue weighted by molar-refractivity contribution is 6.33. The maximum atomic E-state index is 13.0. The number of benzene rings is 1. The molecular formula is C16H12ClFN4O3. The molecule has 2 heterocycles. The SMILES string of the molecule is N#Cc1c2n(c(=O)n(CC(=O)Nc3ccc(F)cc3Cl)c1=O)CCC2. The molecule has 0 radical (unpaired) electrons. The lowest BCUT2D eigenvalue weighted by Gasteiger charge is -2.11. The third-order valence-corrected chi connectivity index (χ3v) is 4.26. The van der Waals surface area contributed by atoms with Crippen LogP contribution in [0.25, 0.3) is 0 Å². The molecule has 1 aliphatic heterocycles. The summed E-state index contributed by atoms with van der Waals surface area (Å²) in [5.41, 5.74) is -0.971. The Morgan fingerprint density at radius 2 is 2.16 bits per heavy atom. The van der Waals surface area contributed by atoms with Crippen LogP contribution >= 0.6 is 11.6 Å². The van der Waals surface area contributed by atoms with Crippen LogP contribution in [-0.2, 0) is 24.3 Å². The number of carbonyl (C=O) groups excluding carboxylic acids is 1. The summed E-state index contributed by atoms with van der Waals surface area (Å²) in [6, 6.07) is 5.23. The van der Waals surface area contributed by atoms with Crippen LogP contribution in [0.4, 0.5) is 10.1 Å². The summed E-state index contributed by atoms with van der Waals surface area (Å²) < 4.78 is 15.1. The molecule has 3 rings (SSSR count). The average Bonchev–Trinajstić information content (AvgIpc) is 3.04. The molecule has 25 heavy (non-hydrogen) atoms. The van der Waals surface area contributed by atoms with Gasteiger partial charge in [-0.3, -0.25) is 14.2 Å². The second kappa shape index (κ2) is 6.53. The summed E-state index contributed by atoms with van der Waals surface area (Å²) in [5, 5.41) is 11.6. The largest absolute Gasteiger partial charge is 0.331 e. The number of hydrogen-bond acceptors (Lipinski definition) is 4. The first kappa shape index (κ1) is 16.9. The van der Waals surface area contributed by atoms with Gasteiger partial charge in [-0.05, 0) is 31.0 Å². The summed E-state index contributed by atoms with van der Waals surface area (Å²) in [5.74, 6) is -1.25. The van der Waals surface area contributed by atoms with E-state index in [2.05, 4.69) is 5.32 Å². The van der Waals surface area contributed by atoms with Crippen molar-refractivity contribution < 1.29 is 9.18 Å². The molecule has 0 atom stereocenters. The van der Waals surface area contributed by atoms with Crippen molar-refractivity contribution in [3.05, 3.63) is 61.1 Å². The third kappa shape index (κ3) is 3.06. The molecule has 0 saturated heterocycles. The lowest BCUT2D eigenvalue weighted by molar-refractivity contribution is -0.116. The molecule has 0 bridgehead atoms. The molecule has 0 unspecified atom stereocenters. The number of fused-ring (bicyclic) bond motifs is 1. The van der Waals surface area contributed by atoms with Gasteiger partial charge in [0.15, 0.2) is 0 Å². The van der Waals surface area contributed by atoms with Gasteiger partial charge in [-0.2, -0.15) is 5.26 Å². The zero-order valence-corrected chi connectivity index (χ0v) is 13.6. The van der Waals surface area contributed by atoms with Gasteiger partial charge in [-0.1, -0.05) is 11.6 Å². The minimum Gasteiger partial charge on any atom is -0.323 e. The highest BCUT2D eigenvalue weighted by atomic mass is 35.5. The van der Waals surface area contributed by atoms with Gasteiger partial charge in [0.25, 0.3) is 5.56 Å². The molecule has 1 N–H and O–H groups in total. The maximum absolute atomic E-state index is 13.0. The van der Waals surface area contributed by atoms with E-state index in [1.54, 1.807) is 0 Å². The van der Waals surface area contributed by atoms with Gasteiger partial charge in [0.05, 0.1) is 10.7 Å². The first-order valence-corrected chi connectivity index (χ1v) is 7.81. The number of carbonyl (C=O) groups is 1. The quantitative estimate of drug-likeness (QED) is 0.888. The predicted octanol–water partition coefficient (Wildman–Crippen LogP) is 1.26. The number of rotatable bonds is 3. The molecule has 0 fully saturated rings. The number of aromatic nitrogens is 2. The van der Waals surface area contributed by atoms with E-state index in [1.807, 2.05) is 6.07 Å². The van der Waals surface area contributed by atoms with Crippen molar-refractivity contribution in [1.29, 1.82) is 5.26 Å². The van der Waals surface area contributed by atoms with Crippen LogP contribution in [0.5, 0.6) is 0 Å². The van der Waals surface area contributed by atoms with Crippen LogP contribution in [0.1, 0.15) is 17.7 Å². The van der Waals surface area contributed by atoms with Crippen LogP contribution in [-0.4, -0.2) is 15.0 Å². The number of nitrogens with zero attached hydrogens (tertiary/aromatic N) is 3. The van der Waals surface area contributed by atoms with Gasteiger partial charge < -0.3 is 5.32 Å². The predicted molar refractivity (Wildman–Crippen MR) is 88.0 cm³/mol. The molecule has 1 aliphatic rings. The van der Waals surface area contributed by atoms with E-state index < -0.39 is 29.5 Å². The van der Waals surface area contributed by atoms with Gasteiger partial charge in [0.2, 0.25) is 5.91 Å². The normalized spacial score (nSPS) is 12.5. The summed E-state index contributed by atoms with van der Waals surface area (Å²) in [6.07, 6.45) is 1.14. The Kier molecular flexibility index (Phi) is 4.42. The first-order chi connectivity index (χ1) is 11.9. The summed E-state index contributed by atoms with van der Waals surface area (Å²) in [7, 11) is 0. The van der Waals surface area contributed by atoms with E-state index >= 15 is 0 Å². The van der Waals surface area contributed by atoms with E-state index in [-0.39, 0.29) is 16.3 Å². The van der Waals surface area contributed by atoms with Gasteiger partial charge in [-0.15, -0.1) is 0 Å². The van der Waals surface area contributed by atoms with Gasteiger partial charge in [0, 0.05) is 12.2 Å². The molecule has 0 saturated carbocycles. The molecule has 0 spiro atoms. The number of halogens is 2. The number of anilines is 1. The van der Waals surface area contributed by atoms with Gasteiger partial charge >= 0.3 is 5.69 Å². The number of hydrogen-bond donors (Lipinski definition) is 1. The Balaban J connectivity index is 1.93. The number of amides is 1. The van der Waals surface area contributed by atoms with Crippen LogP contribution in [0.2, 0.25) is 5.02 Å². The van der Waals surface area contributed by atoms with Crippen molar-refractivity contribution in [2.24, 2.45) is 0 Å². The van der Waals surface area contributed by atoms with E-state index in [4.69, 9.17) is 11.6 Å². The summed E-state index contributed by atoms with van der Waals surface area (Å²) in [6.45, 7) is -0.172. The zero-order chi connectivity index (χ0) is 18.1. The lowest BCUT2D eigenvalue weighted by Crippen LogP contribution is -2.44. The lowest BCUT2D eigenvalue weighted by atomic mass is 10.2. The van der Waals surface area contributed by atoms with Crippen LogP contribution in [0.3, 0.4) is 0 Å². The molecule has 1 aromatic carbocycles. The standard InChI is InChI=1S/C16H12ClFN4O3/c17-11-6-9(18)3-4-12(11)20-14(23)8-22-15(24)10(7-19)13-2-1-5-21(13)16(22)25/h3-4,6H,1-2,5,8H2,(H,20,23). The van der Waals surface area contributed by atoms with Crippen molar-refractivity contribution in [2.75, 3.05) is 5.32 Å². The summed E-state index contributed by atoms with van der Waals surface area (Å²) in [4.78, 5) is 36.9. The van der Waals surface area contributed by atoms with Crippen molar-refractivity contribution in [3.8, 4) is 6.07 Å². The van der Waals surface area contributed by atoms with Gasteiger partial charge in [-0.25, -0.2) is 13.8 Å². The van der Waals surface area contributed by atoms with Crippen LogP contribution in [0, 0.1) is 17.1 Å². The molecule has 1 amide bonds. The highest BCUT2D eigenvalue weighted by Gasteiger charge is 2.23. The Labute approximate surface area is 145 Å². The van der Waals surface area contributed by atoms with Crippen LogP contribution < -0.4 is 16.6 Å². The molecule has 128 valence electrons. The third-order valence-electron chi connectivity index (χ3n) is 3.95. The van der Waals surface area contributed by atoms with Gasteiger partial charge in [0.1, 0.15) is 24.0 Å². The fourth-order valence-corrected chi connectivity index (χ4v) is 3.03. The smallest absolute Gasteiger partial charge is 0.323 e. The Bertz CT molecular complexity index is 1040. The summed E-state index contributed by atoms with van der Waals surface area (Å²) >= 11 is 5.83. The second-order valence-corrected chi connectivity index (χ2v) is 5.94. The van der Waals surface area contributed by atoms with E-state index in [0.717, 1.165) is 16.7 Å². The number of nitriles is 1. The van der Waals surface area contributed by atoms with Crippen molar-refractivity contribution in [1.82, 2.24) is 9.13 Å². The fraction of sp³-hybridized carbons (Fsp3) is 0.250. The minimum absolute atomic E-state index is 0.0101. The molecule has 2 aromatic rings. The topological polar surface area (TPSA) is 96.9 Å². The molecule has 7 nitrogen and oxygen atoms in total. The van der Waals surface area contributed by atoms with Crippen molar-refractivity contribution in [2.45, 2.75) is 25.9 Å². The second-order valence-electron chi connectivity index (χ2n) is 5.53. The molecular weight excluding hydrogens is 351 g/mol. The van der Waals surface area contributed by atoms with E-state index in [9.17, 15) is 24.0 Å². The molecule has 1 aromatic heterocycles. The van der Waals surface area contributed by atoms with E-state index in [0.29, 0.717) is 25.1 Å². The first-order valence-electron chi connectivity index (χ1n) is 7.44. The molecule has 0 aliphatic carbocycles. The van der Waals surface area contributed by atoms with Crippen molar-refractivity contribution >= 4 is 23.2 Å². The fourth-order valence-electron chi connectivity index (χ4n) is 2.81. The highest BCUT2D eigenvalue weighted by Crippen LogP contribution is 2.22. The average molecular weight is 363 g/mol. The Morgan fingerprint density at radius 1 is 1.40 bits per heavy atom. The van der Waals surface area contributed by atoms with E-state index in [1.165, 1.54) is 10.6 Å².